The zero-order valence-electron chi connectivity index (χ0n) is 17.4. The second-order valence-electron chi connectivity index (χ2n) is 6.89. The second-order valence-corrected chi connectivity index (χ2v) is 7.30. The van der Waals surface area contributed by atoms with Crippen molar-refractivity contribution in [3.8, 4) is 11.5 Å². The maximum Gasteiger partial charge on any atom is 0.419 e. The molecule has 0 saturated carbocycles. The number of hydrogen-bond donors (Lipinski definition) is 3. The van der Waals surface area contributed by atoms with Crippen LogP contribution in [0.15, 0.2) is 36.4 Å². The fraction of sp³-hybridized carbons (Fsp3) is 0.333. The summed E-state index contributed by atoms with van der Waals surface area (Å²) in [5, 5.41) is 14.6. The number of ether oxygens (including phenoxy) is 2. The molecule has 2 amide bonds. The number of carbonyl (C=O) groups excluding carboxylic acids is 2. The Kier molecular flexibility index (Phi) is 9.87. The van der Waals surface area contributed by atoms with Gasteiger partial charge in [0, 0.05) is 25.2 Å². The van der Waals surface area contributed by atoms with E-state index in [1.807, 2.05) is 0 Å². The molecule has 0 spiro atoms. The second kappa shape index (κ2) is 12.4. The maximum absolute atomic E-state index is 13.5. The van der Waals surface area contributed by atoms with Crippen LogP contribution in [0.2, 0.25) is 5.02 Å². The molecular weight excluding hydrogens is 491 g/mol. The van der Waals surface area contributed by atoms with Crippen LogP contribution >= 0.6 is 11.6 Å². The molecule has 186 valence electrons. The van der Waals surface area contributed by atoms with Gasteiger partial charge in [-0.05, 0) is 30.7 Å². The Morgan fingerprint density at radius 1 is 0.941 bits per heavy atom. The SMILES string of the molecule is O=C(COc1ccc(C(F)(F)F)c(F)c1)NCC[C@H](O)CNC(=O)COc1ccc(Cl)c(F)c1. The fourth-order valence-corrected chi connectivity index (χ4v) is 2.61. The minimum absolute atomic E-state index is 0.00115. The molecule has 13 heteroatoms. The topological polar surface area (TPSA) is 96.9 Å². The van der Waals surface area contributed by atoms with Crippen LogP contribution in [0, 0.1) is 11.6 Å². The standard InChI is InChI=1S/C21H20ClF5N2O5/c22-16-4-2-14(8-18(16)24)34-11-20(32)29-9-12(30)5-6-28-19(31)10-33-13-1-3-15(17(23)7-13)21(25,26)27/h1-4,7-8,12,30H,5-6,9-11H2,(H,28,31)(H,29,32)/t12-/m0/s1. The summed E-state index contributed by atoms with van der Waals surface area (Å²) in [6, 6.07) is 5.59. The van der Waals surface area contributed by atoms with Crippen molar-refractivity contribution in [1.82, 2.24) is 10.6 Å². The summed E-state index contributed by atoms with van der Waals surface area (Å²) in [4.78, 5) is 23.5. The summed E-state index contributed by atoms with van der Waals surface area (Å²) < 4.78 is 74.4. The monoisotopic (exact) mass is 510 g/mol. The van der Waals surface area contributed by atoms with E-state index >= 15 is 0 Å². The van der Waals surface area contributed by atoms with E-state index in [0.717, 1.165) is 12.1 Å². The number of nitrogens with one attached hydrogen (secondary N) is 2. The third kappa shape index (κ3) is 9.02. The van der Waals surface area contributed by atoms with E-state index in [9.17, 15) is 36.6 Å². The summed E-state index contributed by atoms with van der Waals surface area (Å²) in [6.45, 7) is -1.15. The molecule has 0 aliphatic heterocycles. The van der Waals surface area contributed by atoms with E-state index in [1.54, 1.807) is 0 Å². The van der Waals surface area contributed by atoms with Gasteiger partial charge in [-0.3, -0.25) is 9.59 Å². The smallest absolute Gasteiger partial charge is 0.419 e. The van der Waals surface area contributed by atoms with Gasteiger partial charge in [-0.25, -0.2) is 8.78 Å². The van der Waals surface area contributed by atoms with Gasteiger partial charge in [-0.15, -0.1) is 0 Å². The lowest BCUT2D eigenvalue weighted by Gasteiger charge is -2.13. The average Bonchev–Trinajstić information content (AvgIpc) is 2.76. The van der Waals surface area contributed by atoms with Crippen molar-refractivity contribution in [2.75, 3.05) is 26.3 Å². The molecule has 2 rings (SSSR count). The van der Waals surface area contributed by atoms with Gasteiger partial charge in [0.25, 0.3) is 11.8 Å². The summed E-state index contributed by atoms with van der Waals surface area (Å²) in [5.41, 5.74) is -1.45. The largest absolute Gasteiger partial charge is 0.484 e. The minimum atomic E-state index is -4.84. The van der Waals surface area contributed by atoms with Gasteiger partial charge >= 0.3 is 6.18 Å². The molecule has 0 saturated heterocycles. The van der Waals surface area contributed by atoms with Crippen molar-refractivity contribution in [1.29, 1.82) is 0 Å². The lowest BCUT2D eigenvalue weighted by atomic mass is 10.2. The molecule has 7 nitrogen and oxygen atoms in total. The molecule has 0 heterocycles. The zero-order valence-corrected chi connectivity index (χ0v) is 18.2. The molecule has 0 unspecified atom stereocenters. The third-order valence-corrected chi connectivity index (χ3v) is 4.52. The first-order chi connectivity index (χ1) is 16.0. The van der Waals surface area contributed by atoms with Crippen LogP contribution in [0.25, 0.3) is 0 Å². The van der Waals surface area contributed by atoms with E-state index in [4.69, 9.17) is 21.1 Å². The van der Waals surface area contributed by atoms with Crippen molar-refractivity contribution in [2.45, 2.75) is 18.7 Å². The molecule has 3 N–H and O–H groups in total. The highest BCUT2D eigenvalue weighted by Crippen LogP contribution is 2.32. The number of halogens is 6. The van der Waals surface area contributed by atoms with Crippen LogP contribution in [0.1, 0.15) is 12.0 Å². The number of alkyl halides is 3. The number of benzene rings is 2. The molecule has 34 heavy (non-hydrogen) atoms. The van der Waals surface area contributed by atoms with Crippen LogP contribution in [-0.4, -0.2) is 49.3 Å². The first-order valence-corrected chi connectivity index (χ1v) is 10.1. The van der Waals surface area contributed by atoms with Crippen molar-refractivity contribution in [2.24, 2.45) is 0 Å². The third-order valence-electron chi connectivity index (χ3n) is 4.21. The molecule has 2 aromatic carbocycles. The Morgan fingerprint density at radius 3 is 2.06 bits per heavy atom. The Balaban J connectivity index is 1.61. The van der Waals surface area contributed by atoms with Gasteiger partial charge in [0.05, 0.1) is 16.7 Å². The molecule has 0 aliphatic carbocycles. The predicted octanol–water partition coefficient (Wildman–Crippen LogP) is 3.08. The van der Waals surface area contributed by atoms with E-state index in [-0.39, 0.29) is 36.0 Å². The van der Waals surface area contributed by atoms with Crippen molar-refractivity contribution in [3.05, 3.63) is 58.6 Å². The molecule has 0 aliphatic rings. The van der Waals surface area contributed by atoms with Crippen LogP contribution in [0.4, 0.5) is 22.0 Å². The highest BCUT2D eigenvalue weighted by Gasteiger charge is 2.34. The van der Waals surface area contributed by atoms with Gasteiger partial charge in [-0.2, -0.15) is 13.2 Å². The van der Waals surface area contributed by atoms with Gasteiger partial charge < -0.3 is 25.2 Å². The van der Waals surface area contributed by atoms with Gasteiger partial charge in [0.2, 0.25) is 0 Å². The lowest BCUT2D eigenvalue weighted by molar-refractivity contribution is -0.140. The molecule has 0 aromatic heterocycles. The first-order valence-electron chi connectivity index (χ1n) is 9.74. The van der Waals surface area contributed by atoms with Crippen LogP contribution < -0.4 is 20.1 Å². The summed E-state index contributed by atoms with van der Waals surface area (Å²) >= 11 is 5.54. The lowest BCUT2D eigenvalue weighted by Crippen LogP contribution is -2.37. The quantitative estimate of drug-likeness (QED) is 0.404. The number of rotatable bonds is 11. The first kappa shape index (κ1) is 27.1. The zero-order chi connectivity index (χ0) is 25.3. The molecule has 0 radical (unpaired) electrons. The van der Waals surface area contributed by atoms with Crippen LogP contribution in [0.3, 0.4) is 0 Å². The van der Waals surface area contributed by atoms with E-state index in [2.05, 4.69) is 10.6 Å². The van der Waals surface area contributed by atoms with Gasteiger partial charge in [0.1, 0.15) is 23.1 Å². The number of aliphatic hydroxyl groups excluding tert-OH is 1. The average molecular weight is 511 g/mol. The van der Waals surface area contributed by atoms with E-state index < -0.39 is 54.5 Å². The number of hydrogen-bond acceptors (Lipinski definition) is 5. The van der Waals surface area contributed by atoms with Crippen molar-refractivity contribution < 1.29 is 46.1 Å². The van der Waals surface area contributed by atoms with E-state index in [1.165, 1.54) is 12.1 Å². The normalized spacial score (nSPS) is 12.1. The highest BCUT2D eigenvalue weighted by molar-refractivity contribution is 6.30. The van der Waals surface area contributed by atoms with E-state index in [0.29, 0.717) is 12.1 Å². The fourth-order valence-electron chi connectivity index (χ4n) is 2.49. The Bertz CT molecular complexity index is 1010. The number of aliphatic hydroxyl groups is 1. The summed E-state index contributed by atoms with van der Waals surface area (Å²) in [6.07, 6.45) is -5.80. The van der Waals surface area contributed by atoms with Gasteiger partial charge in [-0.1, -0.05) is 11.6 Å². The molecule has 2 aromatic rings. The minimum Gasteiger partial charge on any atom is -0.484 e. The molecular formula is C21H20ClF5N2O5. The molecule has 0 fully saturated rings. The highest BCUT2D eigenvalue weighted by atomic mass is 35.5. The number of carbonyl (C=O) groups is 2. The summed E-state index contributed by atoms with van der Waals surface area (Å²) in [5.74, 6) is -3.61. The Hall–Kier alpha value is -3.12. The maximum atomic E-state index is 13.5. The molecule has 1 atom stereocenters. The Labute approximate surface area is 195 Å². The Morgan fingerprint density at radius 2 is 1.50 bits per heavy atom. The van der Waals surface area contributed by atoms with Crippen LogP contribution in [0.5, 0.6) is 11.5 Å². The summed E-state index contributed by atoms with van der Waals surface area (Å²) in [7, 11) is 0. The number of amides is 2. The van der Waals surface area contributed by atoms with Gasteiger partial charge in [0.15, 0.2) is 13.2 Å². The van der Waals surface area contributed by atoms with Crippen LogP contribution in [-0.2, 0) is 15.8 Å². The molecule has 0 bridgehead atoms. The van der Waals surface area contributed by atoms with Crippen molar-refractivity contribution >= 4 is 23.4 Å². The van der Waals surface area contributed by atoms with Crippen molar-refractivity contribution in [3.63, 3.8) is 0 Å². The predicted molar refractivity (Wildman–Crippen MR) is 110 cm³/mol.